The molecule has 0 radical (unpaired) electrons. The van der Waals surface area contributed by atoms with Crippen molar-refractivity contribution in [3.8, 4) is 6.07 Å². The predicted molar refractivity (Wildman–Crippen MR) is 125 cm³/mol. The molecule has 35 heavy (non-hydrogen) atoms. The van der Waals surface area contributed by atoms with Crippen LogP contribution in [0, 0.1) is 17.1 Å². The summed E-state index contributed by atoms with van der Waals surface area (Å²) in [6, 6.07) is 8.14. The molecule has 0 atom stereocenters. The Kier molecular flexibility index (Phi) is 6.72. The fourth-order valence-corrected chi connectivity index (χ4v) is 4.26. The van der Waals surface area contributed by atoms with Crippen LogP contribution in [0.4, 0.5) is 28.9 Å². The van der Waals surface area contributed by atoms with E-state index in [1.54, 1.807) is 6.92 Å². The number of thiocarbonyl (C=S) groups is 1. The Morgan fingerprint density at radius 3 is 2.34 bits per heavy atom. The minimum absolute atomic E-state index is 0.00342. The van der Waals surface area contributed by atoms with Crippen molar-refractivity contribution in [3.05, 3.63) is 64.5 Å². The predicted octanol–water partition coefficient (Wildman–Crippen LogP) is 5.51. The van der Waals surface area contributed by atoms with Gasteiger partial charge >= 0.3 is 12.1 Å². The van der Waals surface area contributed by atoms with Gasteiger partial charge in [-0.05, 0) is 75.0 Å². The first-order chi connectivity index (χ1) is 16.2. The fraction of sp³-hybridized carbons (Fsp3) is 0.250. The van der Waals surface area contributed by atoms with Gasteiger partial charge in [0.1, 0.15) is 11.4 Å². The number of carbonyl (C=O) groups is 2. The summed E-state index contributed by atoms with van der Waals surface area (Å²) >= 11 is 5.42. The first kappa shape index (κ1) is 25.8. The molecule has 1 aliphatic rings. The third-order valence-corrected chi connectivity index (χ3v) is 5.95. The van der Waals surface area contributed by atoms with Gasteiger partial charge in [-0.3, -0.25) is 9.69 Å². The molecule has 0 aliphatic carbocycles. The third kappa shape index (κ3) is 4.61. The average Bonchev–Trinajstić information content (AvgIpc) is 2.95. The Labute approximate surface area is 203 Å². The van der Waals surface area contributed by atoms with Crippen molar-refractivity contribution in [2.75, 3.05) is 9.80 Å². The van der Waals surface area contributed by atoms with Gasteiger partial charge in [-0.2, -0.15) is 18.4 Å². The lowest BCUT2D eigenvalue weighted by Gasteiger charge is -2.29. The Bertz CT molecular complexity index is 1310. The zero-order chi connectivity index (χ0) is 26.3. The van der Waals surface area contributed by atoms with Gasteiger partial charge in [0.05, 0.1) is 22.9 Å². The van der Waals surface area contributed by atoms with Crippen LogP contribution in [0.1, 0.15) is 43.9 Å². The molecule has 1 saturated heterocycles. The third-order valence-electron chi connectivity index (χ3n) is 5.58. The molecule has 1 aliphatic heterocycles. The molecule has 6 nitrogen and oxygen atoms in total. The van der Waals surface area contributed by atoms with Gasteiger partial charge in [0.2, 0.25) is 0 Å². The van der Waals surface area contributed by atoms with Crippen LogP contribution in [0.3, 0.4) is 0 Å². The summed E-state index contributed by atoms with van der Waals surface area (Å²) in [6.45, 7) is 4.59. The maximum Gasteiger partial charge on any atom is 0.417 e. The SMILES string of the molecule is CC/C(=C\c1ccc(N2C(=S)N(c3ccc(C#N)c(C(F)(F)F)c3)C(=O)C2(C)C)cc1F)C(=O)O. The van der Waals surface area contributed by atoms with E-state index in [2.05, 4.69) is 0 Å². The monoisotopic (exact) mass is 505 g/mol. The second kappa shape index (κ2) is 9.11. The summed E-state index contributed by atoms with van der Waals surface area (Å²) in [5.41, 5.74) is -3.22. The lowest BCUT2D eigenvalue weighted by Crippen LogP contribution is -2.44. The number of carbonyl (C=O) groups excluding carboxylic acids is 1. The summed E-state index contributed by atoms with van der Waals surface area (Å²) in [5, 5.41) is 18.0. The molecule has 2 aromatic rings. The van der Waals surface area contributed by atoms with Crippen LogP contribution in [0.15, 0.2) is 42.0 Å². The van der Waals surface area contributed by atoms with Gasteiger partial charge < -0.3 is 10.0 Å². The van der Waals surface area contributed by atoms with Crippen LogP contribution in [0.5, 0.6) is 0 Å². The number of nitrogens with zero attached hydrogens (tertiary/aromatic N) is 3. The molecule has 0 spiro atoms. The smallest absolute Gasteiger partial charge is 0.417 e. The van der Waals surface area contributed by atoms with Crippen molar-refractivity contribution >= 4 is 46.7 Å². The van der Waals surface area contributed by atoms with Crippen molar-refractivity contribution in [1.82, 2.24) is 0 Å². The Balaban J connectivity index is 2.07. The molecule has 0 saturated carbocycles. The molecule has 2 aromatic carbocycles. The number of amides is 1. The summed E-state index contributed by atoms with van der Waals surface area (Å²) in [7, 11) is 0. The van der Waals surface area contributed by atoms with Gasteiger partial charge in [-0.1, -0.05) is 6.92 Å². The van der Waals surface area contributed by atoms with Crippen LogP contribution >= 0.6 is 12.2 Å². The molecule has 1 amide bonds. The number of alkyl halides is 3. The number of nitriles is 1. The zero-order valence-corrected chi connectivity index (χ0v) is 19.6. The van der Waals surface area contributed by atoms with Crippen LogP contribution < -0.4 is 9.80 Å². The fourth-order valence-electron chi connectivity index (χ4n) is 3.73. The quantitative estimate of drug-likeness (QED) is 0.328. The highest BCUT2D eigenvalue weighted by Crippen LogP contribution is 2.40. The summed E-state index contributed by atoms with van der Waals surface area (Å²) in [6.07, 6.45) is -3.46. The Morgan fingerprint density at radius 2 is 1.83 bits per heavy atom. The number of hydrogen-bond acceptors (Lipinski definition) is 4. The topological polar surface area (TPSA) is 84.6 Å². The number of hydrogen-bond donors (Lipinski definition) is 1. The van der Waals surface area contributed by atoms with E-state index in [1.165, 1.54) is 49.1 Å². The zero-order valence-electron chi connectivity index (χ0n) is 18.8. The minimum atomic E-state index is -4.83. The molecule has 3 rings (SSSR count). The molecule has 1 heterocycles. The standard InChI is InChI=1S/C24H19F4N3O3S/c1-4-13(20(32)33)9-14-5-8-17(11-19(14)25)31-22(35)30(21(34)23(31,2)3)16-7-6-15(12-29)18(10-16)24(26,27)28/h5-11H,4H2,1-3H3,(H,32,33)/b13-9+. The number of benzene rings is 2. The highest BCUT2D eigenvalue weighted by Gasteiger charge is 2.50. The van der Waals surface area contributed by atoms with Crippen LogP contribution in [0.25, 0.3) is 6.08 Å². The van der Waals surface area contributed by atoms with Gasteiger partial charge in [0, 0.05) is 16.8 Å². The highest BCUT2D eigenvalue weighted by atomic mass is 32.1. The summed E-state index contributed by atoms with van der Waals surface area (Å²) < 4.78 is 55.2. The maximum absolute atomic E-state index is 14.9. The van der Waals surface area contributed by atoms with Crippen LogP contribution in [-0.4, -0.2) is 27.6 Å². The molecule has 182 valence electrons. The van der Waals surface area contributed by atoms with Crippen molar-refractivity contribution < 1.29 is 32.3 Å². The molecule has 1 fully saturated rings. The van der Waals surface area contributed by atoms with E-state index in [9.17, 15) is 32.3 Å². The van der Waals surface area contributed by atoms with Gasteiger partial charge in [-0.15, -0.1) is 0 Å². The summed E-state index contributed by atoms with van der Waals surface area (Å²) in [5.74, 6) is -2.60. The van der Waals surface area contributed by atoms with Crippen molar-refractivity contribution in [3.63, 3.8) is 0 Å². The van der Waals surface area contributed by atoms with Crippen molar-refractivity contribution in [1.29, 1.82) is 5.26 Å². The van der Waals surface area contributed by atoms with Crippen molar-refractivity contribution in [2.24, 2.45) is 0 Å². The second-order valence-electron chi connectivity index (χ2n) is 8.19. The van der Waals surface area contributed by atoms with Gasteiger partial charge in [-0.25, -0.2) is 9.18 Å². The van der Waals surface area contributed by atoms with E-state index in [-0.39, 0.29) is 34.0 Å². The maximum atomic E-state index is 14.9. The van der Waals surface area contributed by atoms with Crippen LogP contribution in [0.2, 0.25) is 0 Å². The molecule has 1 N–H and O–H groups in total. The minimum Gasteiger partial charge on any atom is -0.478 e. The largest absolute Gasteiger partial charge is 0.478 e. The Morgan fingerprint density at radius 1 is 1.20 bits per heavy atom. The number of carboxylic acids is 1. The highest BCUT2D eigenvalue weighted by molar-refractivity contribution is 7.81. The molecule has 11 heteroatoms. The molecular formula is C24H19F4N3O3S. The van der Waals surface area contributed by atoms with E-state index in [0.29, 0.717) is 6.07 Å². The average molecular weight is 505 g/mol. The van der Waals surface area contributed by atoms with E-state index < -0.39 is 40.5 Å². The van der Waals surface area contributed by atoms with Gasteiger partial charge in [0.25, 0.3) is 5.91 Å². The number of rotatable bonds is 5. The van der Waals surface area contributed by atoms with Crippen LogP contribution in [-0.2, 0) is 15.8 Å². The molecular weight excluding hydrogens is 486 g/mol. The number of halogens is 4. The molecule has 0 unspecified atom stereocenters. The molecule has 0 bridgehead atoms. The Hall–Kier alpha value is -3.78. The number of anilines is 2. The first-order valence-electron chi connectivity index (χ1n) is 10.3. The normalized spacial score (nSPS) is 16.0. The number of aliphatic carboxylic acids is 1. The van der Waals surface area contributed by atoms with Crippen molar-refractivity contribution in [2.45, 2.75) is 38.9 Å². The molecule has 0 aromatic heterocycles. The van der Waals surface area contributed by atoms with E-state index in [0.717, 1.165) is 17.0 Å². The lowest BCUT2D eigenvalue weighted by molar-refractivity contribution is -0.138. The van der Waals surface area contributed by atoms with E-state index in [1.807, 2.05) is 0 Å². The second-order valence-corrected chi connectivity index (χ2v) is 8.56. The lowest BCUT2D eigenvalue weighted by atomic mass is 10.0. The van der Waals surface area contributed by atoms with E-state index in [4.69, 9.17) is 17.5 Å². The van der Waals surface area contributed by atoms with E-state index >= 15 is 0 Å². The first-order valence-corrected chi connectivity index (χ1v) is 10.7. The summed E-state index contributed by atoms with van der Waals surface area (Å²) in [4.78, 5) is 26.7. The van der Waals surface area contributed by atoms with Gasteiger partial charge in [0.15, 0.2) is 5.11 Å². The number of carboxylic acid groups (broad SMARTS) is 1.